The molecular weight excluding hydrogens is 319 g/mol. The highest BCUT2D eigenvalue weighted by atomic mass is 79.9. The van der Waals surface area contributed by atoms with E-state index < -0.39 is 0 Å². The number of benzene rings is 2. The molecule has 0 bridgehead atoms. The van der Waals surface area contributed by atoms with Crippen LogP contribution in [0.1, 0.15) is 22.5 Å². The molecule has 1 heterocycles. The fraction of sp³-hybridized carbons (Fsp3) is 0.188. The highest BCUT2D eigenvalue weighted by Crippen LogP contribution is 2.23. The van der Waals surface area contributed by atoms with Gasteiger partial charge in [0.25, 0.3) is 0 Å². The minimum atomic E-state index is -0.278. The van der Waals surface area contributed by atoms with E-state index >= 15 is 0 Å². The maximum atomic E-state index is 13.5. The second-order valence-corrected chi connectivity index (χ2v) is 5.93. The van der Waals surface area contributed by atoms with Crippen LogP contribution >= 0.6 is 15.9 Å². The molecule has 0 unspecified atom stereocenters. The molecule has 0 saturated carbocycles. The number of H-pyrrole nitrogens is 1. The lowest BCUT2D eigenvalue weighted by atomic mass is 10.0. The van der Waals surface area contributed by atoms with Crippen molar-refractivity contribution in [2.75, 3.05) is 0 Å². The van der Waals surface area contributed by atoms with Crippen LogP contribution in [0.25, 0.3) is 11.0 Å². The van der Waals surface area contributed by atoms with Crippen molar-refractivity contribution in [2.45, 2.75) is 20.3 Å². The second-order valence-electron chi connectivity index (χ2n) is 5.07. The number of fused-ring (bicyclic) bond motifs is 1. The largest absolute Gasteiger partial charge is 0.342 e. The molecule has 0 spiro atoms. The highest BCUT2D eigenvalue weighted by molar-refractivity contribution is 9.10. The van der Waals surface area contributed by atoms with Crippen LogP contribution in [0.3, 0.4) is 0 Å². The van der Waals surface area contributed by atoms with Crippen LogP contribution in [-0.2, 0) is 6.42 Å². The van der Waals surface area contributed by atoms with Gasteiger partial charge in [-0.1, -0.05) is 23.8 Å². The highest BCUT2D eigenvalue weighted by Gasteiger charge is 2.09. The van der Waals surface area contributed by atoms with Crippen LogP contribution in [0.2, 0.25) is 0 Å². The van der Waals surface area contributed by atoms with Crippen molar-refractivity contribution >= 4 is 27.0 Å². The van der Waals surface area contributed by atoms with Gasteiger partial charge in [-0.15, -0.1) is 0 Å². The number of aryl methyl sites for hydroxylation is 2. The zero-order valence-corrected chi connectivity index (χ0v) is 12.9. The van der Waals surface area contributed by atoms with Crippen LogP contribution in [0.4, 0.5) is 4.39 Å². The van der Waals surface area contributed by atoms with Gasteiger partial charge >= 0.3 is 0 Å². The lowest BCUT2D eigenvalue weighted by Crippen LogP contribution is -1.94. The van der Waals surface area contributed by atoms with Gasteiger partial charge in [0.05, 0.1) is 15.5 Å². The van der Waals surface area contributed by atoms with E-state index in [0.29, 0.717) is 4.47 Å². The van der Waals surface area contributed by atoms with E-state index in [1.165, 1.54) is 22.8 Å². The van der Waals surface area contributed by atoms with Crippen molar-refractivity contribution in [1.82, 2.24) is 9.97 Å². The van der Waals surface area contributed by atoms with E-state index in [4.69, 9.17) is 0 Å². The second kappa shape index (κ2) is 5.02. The van der Waals surface area contributed by atoms with Crippen molar-refractivity contribution < 1.29 is 4.39 Å². The summed E-state index contributed by atoms with van der Waals surface area (Å²) in [5, 5.41) is 0. The van der Waals surface area contributed by atoms with Gasteiger partial charge in [-0.2, -0.15) is 0 Å². The summed E-state index contributed by atoms with van der Waals surface area (Å²) < 4.78 is 13.9. The molecule has 2 nitrogen and oxygen atoms in total. The van der Waals surface area contributed by atoms with Crippen molar-refractivity contribution in [3.05, 3.63) is 63.1 Å². The van der Waals surface area contributed by atoms with Crippen LogP contribution in [-0.4, -0.2) is 9.97 Å². The summed E-state index contributed by atoms with van der Waals surface area (Å²) in [5.41, 5.74) is 5.21. The standard InChI is InChI=1S/C16H14BrFN2/c1-9-3-4-10(2)11(5-9)6-16-19-14-7-12(17)13(18)8-15(14)20-16/h3-5,7-8H,6H2,1-2H3,(H,19,20). The lowest BCUT2D eigenvalue weighted by Gasteiger charge is -2.04. The molecule has 2 aromatic carbocycles. The third-order valence-corrected chi connectivity index (χ3v) is 4.04. The number of nitrogens with zero attached hydrogens (tertiary/aromatic N) is 1. The molecule has 0 atom stereocenters. The predicted molar refractivity (Wildman–Crippen MR) is 82.5 cm³/mol. The molecule has 0 radical (unpaired) electrons. The summed E-state index contributed by atoms with van der Waals surface area (Å²) >= 11 is 3.18. The van der Waals surface area contributed by atoms with Crippen molar-refractivity contribution in [3.63, 3.8) is 0 Å². The first-order valence-electron chi connectivity index (χ1n) is 6.43. The molecule has 0 fully saturated rings. The van der Waals surface area contributed by atoms with Crippen molar-refractivity contribution in [2.24, 2.45) is 0 Å². The summed E-state index contributed by atoms with van der Waals surface area (Å²) in [4.78, 5) is 7.72. The quantitative estimate of drug-likeness (QED) is 0.725. The first-order chi connectivity index (χ1) is 9.52. The fourth-order valence-electron chi connectivity index (χ4n) is 2.31. The normalized spacial score (nSPS) is 11.2. The number of hydrogen-bond donors (Lipinski definition) is 1. The Morgan fingerprint density at radius 1 is 1.20 bits per heavy atom. The number of nitrogens with one attached hydrogen (secondary N) is 1. The first-order valence-corrected chi connectivity index (χ1v) is 7.22. The van der Waals surface area contributed by atoms with Gasteiger partial charge in [-0.05, 0) is 47.0 Å². The maximum Gasteiger partial charge on any atom is 0.139 e. The molecule has 0 saturated heterocycles. The van der Waals surface area contributed by atoms with E-state index in [2.05, 4.69) is 57.9 Å². The topological polar surface area (TPSA) is 28.7 Å². The van der Waals surface area contributed by atoms with Gasteiger partial charge in [0.15, 0.2) is 0 Å². The van der Waals surface area contributed by atoms with E-state index in [1.54, 1.807) is 6.07 Å². The van der Waals surface area contributed by atoms with Gasteiger partial charge in [0.1, 0.15) is 11.6 Å². The summed E-state index contributed by atoms with van der Waals surface area (Å²) in [6.07, 6.45) is 0.724. The molecule has 1 aromatic heterocycles. The molecule has 3 rings (SSSR count). The maximum absolute atomic E-state index is 13.5. The molecule has 4 heteroatoms. The fourth-order valence-corrected chi connectivity index (χ4v) is 2.64. The Balaban J connectivity index is 2.00. The molecule has 3 aromatic rings. The van der Waals surface area contributed by atoms with Crippen LogP contribution in [0.5, 0.6) is 0 Å². The van der Waals surface area contributed by atoms with E-state index in [0.717, 1.165) is 23.3 Å². The Labute approximate surface area is 125 Å². The zero-order chi connectivity index (χ0) is 14.3. The Kier molecular flexibility index (Phi) is 3.34. The van der Waals surface area contributed by atoms with Gasteiger partial charge in [0.2, 0.25) is 0 Å². The third kappa shape index (κ3) is 2.48. The number of imidazole rings is 1. The number of aromatic amines is 1. The monoisotopic (exact) mass is 332 g/mol. The Morgan fingerprint density at radius 3 is 2.80 bits per heavy atom. The Hall–Kier alpha value is -1.68. The zero-order valence-electron chi connectivity index (χ0n) is 11.3. The molecule has 1 N–H and O–H groups in total. The Bertz CT molecular complexity index is 754. The summed E-state index contributed by atoms with van der Waals surface area (Å²) in [6.45, 7) is 4.17. The molecular formula is C16H14BrFN2. The molecule has 0 amide bonds. The average Bonchev–Trinajstić information content (AvgIpc) is 2.76. The smallest absolute Gasteiger partial charge is 0.139 e. The van der Waals surface area contributed by atoms with Gasteiger partial charge in [-0.3, -0.25) is 0 Å². The first kappa shape index (κ1) is 13.3. The molecule has 20 heavy (non-hydrogen) atoms. The lowest BCUT2D eigenvalue weighted by molar-refractivity contribution is 0.623. The summed E-state index contributed by atoms with van der Waals surface area (Å²) in [6, 6.07) is 9.55. The molecule has 0 aliphatic carbocycles. The van der Waals surface area contributed by atoms with Crippen molar-refractivity contribution in [1.29, 1.82) is 0 Å². The van der Waals surface area contributed by atoms with Gasteiger partial charge in [0, 0.05) is 12.5 Å². The summed E-state index contributed by atoms with van der Waals surface area (Å²) in [5.74, 6) is 0.575. The number of rotatable bonds is 2. The van der Waals surface area contributed by atoms with E-state index in [1.807, 2.05) is 0 Å². The van der Waals surface area contributed by atoms with Crippen LogP contribution in [0.15, 0.2) is 34.8 Å². The van der Waals surface area contributed by atoms with Gasteiger partial charge < -0.3 is 4.98 Å². The third-order valence-electron chi connectivity index (χ3n) is 3.44. The molecule has 102 valence electrons. The van der Waals surface area contributed by atoms with Crippen molar-refractivity contribution in [3.8, 4) is 0 Å². The number of aromatic nitrogens is 2. The number of halogens is 2. The minimum absolute atomic E-state index is 0.278. The van der Waals surface area contributed by atoms with Gasteiger partial charge in [-0.25, -0.2) is 9.37 Å². The SMILES string of the molecule is Cc1ccc(C)c(Cc2nc3cc(Br)c(F)cc3[nH]2)c1. The summed E-state index contributed by atoms with van der Waals surface area (Å²) in [7, 11) is 0. The van der Waals surface area contributed by atoms with E-state index in [9.17, 15) is 4.39 Å². The number of hydrogen-bond acceptors (Lipinski definition) is 1. The van der Waals surface area contributed by atoms with Crippen LogP contribution in [0, 0.1) is 19.7 Å². The molecule has 0 aliphatic rings. The average molecular weight is 333 g/mol. The van der Waals surface area contributed by atoms with Crippen LogP contribution < -0.4 is 0 Å². The minimum Gasteiger partial charge on any atom is -0.342 e. The van der Waals surface area contributed by atoms with E-state index in [-0.39, 0.29) is 5.82 Å². The predicted octanol–water partition coefficient (Wildman–Crippen LogP) is 4.67. The molecule has 0 aliphatic heterocycles. The Morgan fingerprint density at radius 2 is 2.00 bits per heavy atom.